The molecule has 2 aromatic carbocycles. The van der Waals surface area contributed by atoms with Gasteiger partial charge in [-0.2, -0.15) is 10.1 Å². The van der Waals surface area contributed by atoms with Crippen molar-refractivity contribution >= 4 is 16.9 Å². The van der Waals surface area contributed by atoms with Crippen LogP contribution in [0.4, 0.5) is 6.01 Å². The van der Waals surface area contributed by atoms with Gasteiger partial charge in [0.25, 0.3) is 6.01 Å². The van der Waals surface area contributed by atoms with Crippen molar-refractivity contribution in [2.45, 2.75) is 26.6 Å². The third-order valence-corrected chi connectivity index (χ3v) is 6.01. The molecule has 0 bridgehead atoms. The Kier molecular flexibility index (Phi) is 6.28. The highest BCUT2D eigenvalue weighted by Gasteiger charge is 2.20. The standard InChI is InChI=1S/C25H29N5O3/c1-18-24(17-29-8-10-32-11-9-29)33-25(27-18)30(15-19-4-3-5-22(12-19)31-2)16-20-6-7-21-14-26-28-23(21)13-20/h3-7,12-14H,8-11,15-17H2,1-2H3,(H,26,28). The van der Waals surface area contributed by atoms with E-state index in [4.69, 9.17) is 18.9 Å². The molecule has 1 saturated heterocycles. The van der Waals surface area contributed by atoms with Gasteiger partial charge in [-0.15, -0.1) is 0 Å². The van der Waals surface area contributed by atoms with Crippen LogP contribution in [0, 0.1) is 6.92 Å². The molecule has 2 aromatic heterocycles. The van der Waals surface area contributed by atoms with Crippen molar-refractivity contribution in [1.29, 1.82) is 0 Å². The fourth-order valence-electron chi connectivity index (χ4n) is 4.14. The van der Waals surface area contributed by atoms with Gasteiger partial charge in [-0.05, 0) is 36.2 Å². The van der Waals surface area contributed by atoms with Gasteiger partial charge in [-0.1, -0.05) is 24.3 Å². The Hall–Kier alpha value is -3.36. The number of methoxy groups -OCH3 is 1. The third kappa shape index (κ3) is 5.02. The first-order chi connectivity index (χ1) is 16.2. The molecule has 0 amide bonds. The second-order valence-electron chi connectivity index (χ2n) is 8.39. The maximum atomic E-state index is 6.33. The molecule has 3 heterocycles. The van der Waals surface area contributed by atoms with Gasteiger partial charge in [-0.25, -0.2) is 0 Å². The predicted molar refractivity (Wildman–Crippen MR) is 126 cm³/mol. The molecule has 8 nitrogen and oxygen atoms in total. The van der Waals surface area contributed by atoms with Gasteiger partial charge in [0.1, 0.15) is 11.5 Å². The number of hydrogen-bond acceptors (Lipinski definition) is 7. The Bertz CT molecular complexity index is 1210. The van der Waals surface area contributed by atoms with Crippen LogP contribution >= 0.6 is 0 Å². The summed E-state index contributed by atoms with van der Waals surface area (Å²) in [6.45, 7) is 7.41. The highest BCUT2D eigenvalue weighted by molar-refractivity contribution is 5.78. The topological polar surface area (TPSA) is 79.7 Å². The molecular weight excluding hydrogens is 418 g/mol. The van der Waals surface area contributed by atoms with Crippen LogP contribution in [-0.2, 0) is 24.4 Å². The van der Waals surface area contributed by atoms with E-state index in [1.807, 2.05) is 25.3 Å². The number of ether oxygens (including phenoxy) is 2. The average molecular weight is 448 g/mol. The van der Waals surface area contributed by atoms with Crippen molar-refractivity contribution in [2.24, 2.45) is 0 Å². The lowest BCUT2D eigenvalue weighted by Crippen LogP contribution is -2.35. The molecule has 5 rings (SSSR count). The summed E-state index contributed by atoms with van der Waals surface area (Å²) in [4.78, 5) is 9.33. The van der Waals surface area contributed by atoms with Gasteiger partial charge in [0.15, 0.2) is 0 Å². The number of oxazole rings is 1. The monoisotopic (exact) mass is 447 g/mol. The number of benzene rings is 2. The number of aromatic amines is 1. The number of anilines is 1. The maximum absolute atomic E-state index is 6.33. The Balaban J connectivity index is 1.42. The summed E-state index contributed by atoms with van der Waals surface area (Å²) < 4.78 is 17.2. The number of aryl methyl sites for hydroxylation is 1. The predicted octanol–water partition coefficient (Wildman–Crippen LogP) is 3.91. The zero-order chi connectivity index (χ0) is 22.6. The Labute approximate surface area is 193 Å². The molecule has 0 atom stereocenters. The van der Waals surface area contributed by atoms with Crippen molar-refractivity contribution in [2.75, 3.05) is 38.3 Å². The summed E-state index contributed by atoms with van der Waals surface area (Å²) in [6, 6.07) is 15.1. The zero-order valence-corrected chi connectivity index (χ0v) is 19.1. The second-order valence-corrected chi connectivity index (χ2v) is 8.39. The van der Waals surface area contributed by atoms with E-state index in [-0.39, 0.29) is 0 Å². The molecule has 0 spiro atoms. The van der Waals surface area contributed by atoms with Crippen LogP contribution in [0.1, 0.15) is 22.6 Å². The quantitative estimate of drug-likeness (QED) is 0.439. The average Bonchev–Trinajstić information content (AvgIpc) is 3.45. The van der Waals surface area contributed by atoms with Crippen LogP contribution in [0.25, 0.3) is 10.9 Å². The van der Waals surface area contributed by atoms with Gasteiger partial charge in [-0.3, -0.25) is 10.00 Å². The minimum atomic E-state index is 0.628. The zero-order valence-electron chi connectivity index (χ0n) is 19.1. The summed E-state index contributed by atoms with van der Waals surface area (Å²) in [6.07, 6.45) is 1.84. The number of H-pyrrole nitrogens is 1. The molecule has 4 aromatic rings. The summed E-state index contributed by atoms with van der Waals surface area (Å²) in [5.41, 5.74) is 4.23. The number of aromatic nitrogens is 3. The number of nitrogens with one attached hydrogen (secondary N) is 1. The lowest BCUT2D eigenvalue weighted by molar-refractivity contribution is 0.0313. The first kappa shape index (κ1) is 21.5. The van der Waals surface area contributed by atoms with Gasteiger partial charge < -0.3 is 18.8 Å². The molecule has 1 N–H and O–H groups in total. The van der Waals surface area contributed by atoms with Gasteiger partial charge in [0.2, 0.25) is 0 Å². The van der Waals surface area contributed by atoms with E-state index in [1.54, 1.807) is 7.11 Å². The number of rotatable bonds is 8. The van der Waals surface area contributed by atoms with Crippen LogP contribution in [-0.4, -0.2) is 53.5 Å². The molecule has 0 unspecified atom stereocenters. The summed E-state index contributed by atoms with van der Waals surface area (Å²) >= 11 is 0. The molecule has 33 heavy (non-hydrogen) atoms. The second kappa shape index (κ2) is 9.64. The van der Waals surface area contributed by atoms with Gasteiger partial charge >= 0.3 is 0 Å². The lowest BCUT2D eigenvalue weighted by atomic mass is 10.1. The van der Waals surface area contributed by atoms with Crippen LogP contribution in [0.5, 0.6) is 5.75 Å². The molecule has 1 fully saturated rings. The van der Waals surface area contributed by atoms with E-state index < -0.39 is 0 Å². The van der Waals surface area contributed by atoms with Crippen molar-refractivity contribution in [3.63, 3.8) is 0 Å². The van der Waals surface area contributed by atoms with Crippen molar-refractivity contribution in [1.82, 2.24) is 20.1 Å². The van der Waals surface area contributed by atoms with Crippen molar-refractivity contribution < 1.29 is 13.9 Å². The van der Waals surface area contributed by atoms with Crippen LogP contribution < -0.4 is 9.64 Å². The van der Waals surface area contributed by atoms with Crippen molar-refractivity contribution in [3.05, 3.63) is 71.2 Å². The lowest BCUT2D eigenvalue weighted by Gasteiger charge is -2.25. The van der Waals surface area contributed by atoms with Gasteiger partial charge in [0, 0.05) is 31.6 Å². The first-order valence-corrected chi connectivity index (χ1v) is 11.2. The van der Waals surface area contributed by atoms with E-state index in [9.17, 15) is 0 Å². The summed E-state index contributed by atoms with van der Waals surface area (Å²) in [5, 5.41) is 8.29. The Morgan fingerprint density at radius 2 is 1.91 bits per heavy atom. The third-order valence-electron chi connectivity index (χ3n) is 6.01. The summed E-state index contributed by atoms with van der Waals surface area (Å²) in [7, 11) is 1.69. The fraction of sp³-hybridized carbons (Fsp3) is 0.360. The first-order valence-electron chi connectivity index (χ1n) is 11.2. The smallest absolute Gasteiger partial charge is 0.298 e. The number of morpholine rings is 1. The summed E-state index contributed by atoms with van der Waals surface area (Å²) in [5.74, 6) is 1.74. The molecule has 8 heteroatoms. The maximum Gasteiger partial charge on any atom is 0.298 e. The molecule has 1 aliphatic heterocycles. The normalized spacial score (nSPS) is 14.6. The van der Waals surface area contributed by atoms with Crippen LogP contribution in [0.2, 0.25) is 0 Å². The molecule has 1 aliphatic rings. The number of nitrogens with zero attached hydrogens (tertiary/aromatic N) is 4. The SMILES string of the molecule is COc1cccc(CN(Cc2ccc3cn[nH]c3c2)c2nc(C)c(CN3CCOCC3)o2)c1. The van der Waals surface area contributed by atoms with Crippen LogP contribution in [0.15, 0.2) is 53.1 Å². The number of fused-ring (bicyclic) bond motifs is 1. The number of hydrogen-bond donors (Lipinski definition) is 1. The molecular formula is C25H29N5O3. The highest BCUT2D eigenvalue weighted by atomic mass is 16.5. The van der Waals surface area contributed by atoms with E-state index in [0.29, 0.717) is 19.1 Å². The Morgan fingerprint density at radius 1 is 1.09 bits per heavy atom. The van der Waals surface area contributed by atoms with Crippen LogP contribution in [0.3, 0.4) is 0 Å². The minimum Gasteiger partial charge on any atom is -0.497 e. The van der Waals surface area contributed by atoms with Gasteiger partial charge in [0.05, 0.1) is 44.3 Å². The van der Waals surface area contributed by atoms with E-state index >= 15 is 0 Å². The molecule has 172 valence electrons. The van der Waals surface area contributed by atoms with Crippen molar-refractivity contribution in [3.8, 4) is 5.75 Å². The Morgan fingerprint density at radius 3 is 2.73 bits per heavy atom. The molecule has 0 radical (unpaired) electrons. The fourth-order valence-corrected chi connectivity index (χ4v) is 4.14. The van der Waals surface area contributed by atoms with E-state index in [1.165, 1.54) is 0 Å². The molecule has 0 aliphatic carbocycles. The minimum absolute atomic E-state index is 0.628. The highest BCUT2D eigenvalue weighted by Crippen LogP contribution is 2.26. The molecule has 0 saturated carbocycles. The van der Waals surface area contributed by atoms with E-state index in [2.05, 4.69) is 50.3 Å². The van der Waals surface area contributed by atoms with E-state index in [0.717, 1.165) is 72.1 Å². The largest absolute Gasteiger partial charge is 0.497 e.